The zero-order valence-corrected chi connectivity index (χ0v) is 12.4. The van der Waals surface area contributed by atoms with Crippen molar-refractivity contribution in [3.63, 3.8) is 0 Å². The highest BCUT2D eigenvalue weighted by molar-refractivity contribution is 7.89. The lowest BCUT2D eigenvalue weighted by Crippen LogP contribution is -2.55. The number of hydrogen-bond acceptors (Lipinski definition) is 5. The lowest BCUT2D eigenvalue weighted by Gasteiger charge is -2.32. The van der Waals surface area contributed by atoms with Gasteiger partial charge in [-0.15, -0.1) is 0 Å². The van der Waals surface area contributed by atoms with Gasteiger partial charge in [-0.3, -0.25) is 9.78 Å². The van der Waals surface area contributed by atoms with Crippen molar-refractivity contribution in [2.75, 3.05) is 13.1 Å². The molecule has 0 aliphatic carbocycles. The molecule has 1 aliphatic heterocycles. The van der Waals surface area contributed by atoms with Crippen molar-refractivity contribution in [2.45, 2.75) is 17.9 Å². The van der Waals surface area contributed by atoms with Crippen LogP contribution in [-0.2, 0) is 14.8 Å². The summed E-state index contributed by atoms with van der Waals surface area (Å²) in [5.41, 5.74) is 5.55. The predicted molar refractivity (Wildman–Crippen MR) is 76.5 cm³/mol. The van der Waals surface area contributed by atoms with E-state index in [9.17, 15) is 13.2 Å². The highest BCUT2D eigenvalue weighted by Crippen LogP contribution is 2.21. The minimum absolute atomic E-state index is 0.0423. The van der Waals surface area contributed by atoms with Gasteiger partial charge in [0.25, 0.3) is 0 Å². The Morgan fingerprint density at radius 1 is 1.60 bits per heavy atom. The Hall–Kier alpha value is -1.58. The van der Waals surface area contributed by atoms with E-state index in [-0.39, 0.29) is 34.6 Å². The number of amides is 1. The van der Waals surface area contributed by atoms with Crippen molar-refractivity contribution in [2.24, 2.45) is 5.73 Å². The molecule has 3 N–H and O–H groups in total. The zero-order valence-electron chi connectivity index (χ0n) is 10.7. The normalized spacial score (nSPS) is 20.4. The van der Waals surface area contributed by atoms with E-state index in [1.54, 1.807) is 0 Å². The van der Waals surface area contributed by atoms with E-state index >= 15 is 0 Å². The summed E-state index contributed by atoms with van der Waals surface area (Å²) >= 11 is 4.83. The smallest absolute Gasteiger partial charge is 0.246 e. The molecule has 0 saturated carbocycles. The topological polar surface area (TPSA) is 105 Å². The van der Waals surface area contributed by atoms with Gasteiger partial charge in [0.05, 0.1) is 0 Å². The molecule has 7 nitrogen and oxygen atoms in total. The van der Waals surface area contributed by atoms with Gasteiger partial charge < -0.3 is 11.1 Å². The van der Waals surface area contributed by atoms with Crippen LogP contribution in [0.1, 0.15) is 12.6 Å². The number of pyridine rings is 1. The first-order chi connectivity index (χ1) is 9.35. The highest BCUT2D eigenvalue weighted by Gasteiger charge is 2.37. The SMILES string of the molecule is CC1C(=O)NCCN1S(=O)(=O)c1cccnc1C(N)=S. The molecule has 1 atom stereocenters. The minimum Gasteiger partial charge on any atom is -0.388 e. The van der Waals surface area contributed by atoms with Gasteiger partial charge in [0.1, 0.15) is 21.6 Å². The van der Waals surface area contributed by atoms with Crippen molar-refractivity contribution < 1.29 is 13.2 Å². The van der Waals surface area contributed by atoms with Gasteiger partial charge in [-0.1, -0.05) is 12.2 Å². The van der Waals surface area contributed by atoms with E-state index in [1.165, 1.54) is 25.3 Å². The van der Waals surface area contributed by atoms with Crippen LogP contribution in [0.4, 0.5) is 0 Å². The molecule has 1 fully saturated rings. The molecule has 20 heavy (non-hydrogen) atoms. The lowest BCUT2D eigenvalue weighted by atomic mass is 10.2. The summed E-state index contributed by atoms with van der Waals surface area (Å²) < 4.78 is 26.4. The van der Waals surface area contributed by atoms with E-state index in [0.717, 1.165) is 4.31 Å². The number of aromatic nitrogens is 1. The second-order valence-corrected chi connectivity index (χ2v) is 6.60. The summed E-state index contributed by atoms with van der Waals surface area (Å²) in [7, 11) is -3.88. The van der Waals surface area contributed by atoms with Crippen LogP contribution in [0.15, 0.2) is 23.2 Å². The largest absolute Gasteiger partial charge is 0.388 e. The quantitative estimate of drug-likeness (QED) is 0.710. The van der Waals surface area contributed by atoms with E-state index in [0.29, 0.717) is 0 Å². The first-order valence-corrected chi connectivity index (χ1v) is 7.75. The Morgan fingerprint density at radius 3 is 2.95 bits per heavy atom. The molecular formula is C11H14N4O3S2. The molecule has 1 saturated heterocycles. The highest BCUT2D eigenvalue weighted by atomic mass is 32.2. The number of thiocarbonyl (C=S) groups is 1. The number of hydrogen-bond donors (Lipinski definition) is 2. The van der Waals surface area contributed by atoms with Gasteiger partial charge in [-0.05, 0) is 19.1 Å². The Bertz CT molecular complexity index is 659. The molecule has 2 heterocycles. The van der Waals surface area contributed by atoms with Gasteiger partial charge in [0.2, 0.25) is 15.9 Å². The molecule has 1 amide bonds. The van der Waals surface area contributed by atoms with Crippen LogP contribution in [0.25, 0.3) is 0 Å². The Morgan fingerprint density at radius 2 is 2.30 bits per heavy atom. The summed E-state index contributed by atoms with van der Waals surface area (Å²) in [5, 5.41) is 2.61. The maximum atomic E-state index is 12.7. The number of nitrogens with zero attached hydrogens (tertiary/aromatic N) is 2. The summed E-state index contributed by atoms with van der Waals surface area (Å²) in [4.78, 5) is 15.4. The zero-order chi connectivity index (χ0) is 14.9. The number of carbonyl (C=O) groups is 1. The fraction of sp³-hybridized carbons (Fsp3) is 0.364. The number of sulfonamides is 1. The molecule has 108 valence electrons. The summed E-state index contributed by atoms with van der Waals surface area (Å²) in [6, 6.07) is 2.09. The lowest BCUT2D eigenvalue weighted by molar-refractivity contribution is -0.126. The third kappa shape index (κ3) is 2.51. The van der Waals surface area contributed by atoms with Crippen LogP contribution >= 0.6 is 12.2 Å². The second-order valence-electron chi connectivity index (χ2n) is 4.30. The van der Waals surface area contributed by atoms with Crippen molar-refractivity contribution in [1.82, 2.24) is 14.6 Å². The first kappa shape index (κ1) is 14.8. The van der Waals surface area contributed by atoms with Gasteiger partial charge in [0.15, 0.2) is 0 Å². The Kier molecular flexibility index (Phi) is 4.02. The van der Waals surface area contributed by atoms with Gasteiger partial charge in [-0.25, -0.2) is 8.42 Å². The maximum Gasteiger partial charge on any atom is 0.246 e. The molecule has 0 aromatic carbocycles. The third-order valence-corrected chi connectivity index (χ3v) is 5.23. The third-order valence-electron chi connectivity index (χ3n) is 3.03. The standard InChI is InChI=1S/C11H14N4O3S2/c1-7-11(16)14-5-6-15(7)20(17,18)8-3-2-4-13-9(8)10(12)19/h2-4,7H,5-6H2,1H3,(H2,12,19)(H,14,16). The number of carbonyl (C=O) groups excluding carboxylic acids is 1. The van der Waals surface area contributed by atoms with Crippen molar-refractivity contribution in [3.8, 4) is 0 Å². The van der Waals surface area contributed by atoms with Gasteiger partial charge in [-0.2, -0.15) is 4.31 Å². The number of rotatable bonds is 3. The van der Waals surface area contributed by atoms with E-state index in [2.05, 4.69) is 10.3 Å². The Balaban J connectivity index is 2.50. The summed E-state index contributed by atoms with van der Waals surface area (Å²) in [6.45, 7) is 1.99. The van der Waals surface area contributed by atoms with Crippen LogP contribution in [0.2, 0.25) is 0 Å². The van der Waals surface area contributed by atoms with Crippen LogP contribution in [-0.4, -0.2) is 47.7 Å². The average molecular weight is 314 g/mol. The Labute approximate surface area is 122 Å². The fourth-order valence-corrected chi connectivity index (χ4v) is 3.98. The molecule has 0 radical (unpaired) electrons. The van der Waals surface area contributed by atoms with Gasteiger partial charge in [0, 0.05) is 19.3 Å². The van der Waals surface area contributed by atoms with Crippen LogP contribution in [0.3, 0.4) is 0 Å². The maximum absolute atomic E-state index is 12.7. The van der Waals surface area contributed by atoms with E-state index in [1.807, 2.05) is 0 Å². The molecule has 2 rings (SSSR count). The van der Waals surface area contributed by atoms with E-state index < -0.39 is 16.1 Å². The van der Waals surface area contributed by atoms with E-state index in [4.69, 9.17) is 18.0 Å². The second kappa shape index (κ2) is 5.43. The first-order valence-electron chi connectivity index (χ1n) is 5.90. The van der Waals surface area contributed by atoms with Crippen LogP contribution in [0.5, 0.6) is 0 Å². The predicted octanol–water partition coefficient (Wildman–Crippen LogP) is -0.775. The fourth-order valence-electron chi connectivity index (χ4n) is 2.00. The molecule has 1 unspecified atom stereocenters. The van der Waals surface area contributed by atoms with Crippen LogP contribution < -0.4 is 11.1 Å². The molecule has 9 heteroatoms. The average Bonchev–Trinajstić information content (AvgIpc) is 2.41. The molecule has 0 spiro atoms. The monoisotopic (exact) mass is 314 g/mol. The number of nitrogens with two attached hydrogens (primary N) is 1. The molecule has 1 aromatic heterocycles. The summed E-state index contributed by atoms with van der Waals surface area (Å²) in [6.07, 6.45) is 1.42. The molecule has 0 bridgehead atoms. The van der Waals surface area contributed by atoms with Crippen LogP contribution in [0, 0.1) is 0 Å². The van der Waals surface area contributed by atoms with Crippen molar-refractivity contribution in [3.05, 3.63) is 24.0 Å². The van der Waals surface area contributed by atoms with Gasteiger partial charge >= 0.3 is 0 Å². The number of piperazine rings is 1. The summed E-state index contributed by atoms with van der Waals surface area (Å²) in [5.74, 6) is -0.333. The molecular weight excluding hydrogens is 300 g/mol. The van der Waals surface area contributed by atoms with Crippen molar-refractivity contribution >= 4 is 33.1 Å². The van der Waals surface area contributed by atoms with Crippen molar-refractivity contribution in [1.29, 1.82) is 0 Å². The minimum atomic E-state index is -3.88. The molecule has 1 aromatic rings. The number of nitrogens with one attached hydrogen (secondary N) is 1. The molecule has 1 aliphatic rings.